The van der Waals surface area contributed by atoms with Gasteiger partial charge in [-0.3, -0.25) is 0 Å². The van der Waals surface area contributed by atoms with Crippen LogP contribution in [-0.4, -0.2) is 12.4 Å². The molecular weight excluding hydrogens is 198 g/mol. The quantitative estimate of drug-likeness (QED) is 0.484. The first kappa shape index (κ1) is 12.6. The summed E-state index contributed by atoms with van der Waals surface area (Å²) in [4.78, 5) is 0. The van der Waals surface area contributed by atoms with Crippen molar-refractivity contribution < 1.29 is 26.3 Å². The minimum absolute atomic E-state index is 0.154. The van der Waals surface area contributed by atoms with Crippen molar-refractivity contribution in [2.24, 2.45) is 0 Å². The van der Waals surface area contributed by atoms with Gasteiger partial charge in [0, 0.05) is 12.8 Å². The fourth-order valence-corrected chi connectivity index (χ4v) is 0.713. The molecular formula is C7H9F6. The van der Waals surface area contributed by atoms with Crippen LogP contribution in [0.4, 0.5) is 26.3 Å². The Morgan fingerprint density at radius 2 is 1.38 bits per heavy atom. The molecule has 0 aliphatic rings. The molecule has 0 aromatic rings. The molecule has 0 spiro atoms. The van der Waals surface area contributed by atoms with Crippen molar-refractivity contribution in [2.75, 3.05) is 0 Å². The van der Waals surface area contributed by atoms with Crippen molar-refractivity contribution in [3.63, 3.8) is 0 Å². The maximum absolute atomic E-state index is 11.5. The van der Waals surface area contributed by atoms with E-state index in [1.54, 1.807) is 0 Å². The molecule has 0 amide bonds. The first-order chi connectivity index (χ1) is 5.71. The van der Waals surface area contributed by atoms with Crippen molar-refractivity contribution in [3.05, 3.63) is 6.42 Å². The summed E-state index contributed by atoms with van der Waals surface area (Å²) >= 11 is 0. The van der Waals surface area contributed by atoms with Gasteiger partial charge in [-0.2, -0.15) is 26.3 Å². The Balaban J connectivity index is 3.28. The largest absolute Gasteiger partial charge is 0.389 e. The van der Waals surface area contributed by atoms with E-state index in [9.17, 15) is 26.3 Å². The number of hydrogen-bond donors (Lipinski definition) is 0. The smallest absolute Gasteiger partial charge is 0.171 e. The average molecular weight is 207 g/mol. The van der Waals surface area contributed by atoms with Gasteiger partial charge in [-0.15, -0.1) is 0 Å². The summed E-state index contributed by atoms with van der Waals surface area (Å²) in [7, 11) is 0. The van der Waals surface area contributed by atoms with Gasteiger partial charge in [0.15, 0.2) is 0 Å². The Kier molecular flexibility index (Phi) is 4.56. The second-order valence-electron chi connectivity index (χ2n) is 2.62. The van der Waals surface area contributed by atoms with E-state index < -0.39 is 25.2 Å². The Morgan fingerprint density at radius 1 is 0.846 bits per heavy atom. The lowest BCUT2D eigenvalue weighted by molar-refractivity contribution is -0.136. The number of halogens is 6. The van der Waals surface area contributed by atoms with Crippen LogP contribution >= 0.6 is 0 Å². The summed E-state index contributed by atoms with van der Waals surface area (Å²) in [5.74, 6) is 0. The van der Waals surface area contributed by atoms with E-state index in [0.717, 1.165) is 6.42 Å². The highest BCUT2D eigenvalue weighted by Crippen LogP contribution is 2.25. The predicted molar refractivity (Wildman–Crippen MR) is 34.9 cm³/mol. The van der Waals surface area contributed by atoms with Gasteiger partial charge in [0.25, 0.3) is 0 Å². The molecule has 13 heavy (non-hydrogen) atoms. The number of unbranched alkanes of at least 4 members (excludes halogenated alkanes) is 2. The zero-order valence-corrected chi connectivity index (χ0v) is 6.67. The molecule has 0 rings (SSSR count). The second-order valence-corrected chi connectivity index (χ2v) is 2.62. The van der Waals surface area contributed by atoms with Crippen molar-refractivity contribution in [1.29, 1.82) is 0 Å². The monoisotopic (exact) mass is 207 g/mol. The molecule has 0 atom stereocenters. The molecule has 0 bridgehead atoms. The van der Waals surface area contributed by atoms with Crippen molar-refractivity contribution in [2.45, 2.75) is 38.0 Å². The van der Waals surface area contributed by atoms with Gasteiger partial charge < -0.3 is 0 Å². The molecule has 0 aliphatic heterocycles. The molecule has 6 heteroatoms. The maximum Gasteiger partial charge on any atom is 0.389 e. The molecule has 0 aromatic heterocycles. The summed E-state index contributed by atoms with van der Waals surface area (Å²) in [6, 6.07) is 0. The number of rotatable bonds is 4. The van der Waals surface area contributed by atoms with Crippen LogP contribution in [0.3, 0.4) is 0 Å². The van der Waals surface area contributed by atoms with Gasteiger partial charge in [0.1, 0.15) is 0 Å². The Morgan fingerprint density at radius 3 is 1.77 bits per heavy atom. The van der Waals surface area contributed by atoms with Gasteiger partial charge in [0.05, 0.1) is 0 Å². The summed E-state index contributed by atoms with van der Waals surface area (Å²) in [5.41, 5.74) is 0. The summed E-state index contributed by atoms with van der Waals surface area (Å²) in [5, 5.41) is 0. The molecule has 0 N–H and O–H groups in total. The third kappa shape index (κ3) is 11.6. The third-order valence-electron chi connectivity index (χ3n) is 1.24. The lowest BCUT2D eigenvalue weighted by Crippen LogP contribution is -2.08. The van der Waals surface area contributed by atoms with E-state index in [1.807, 2.05) is 0 Å². The van der Waals surface area contributed by atoms with E-state index in [1.165, 1.54) is 0 Å². The van der Waals surface area contributed by atoms with Gasteiger partial charge in [0.2, 0.25) is 0 Å². The Bertz CT molecular complexity index is 117. The third-order valence-corrected chi connectivity index (χ3v) is 1.24. The molecule has 0 fully saturated rings. The van der Waals surface area contributed by atoms with Crippen molar-refractivity contribution in [3.8, 4) is 0 Å². The number of alkyl halides is 6. The Labute approximate surface area is 71.9 Å². The minimum Gasteiger partial charge on any atom is -0.171 e. The molecule has 0 unspecified atom stereocenters. The zero-order chi connectivity index (χ0) is 10.5. The fourth-order valence-electron chi connectivity index (χ4n) is 0.713. The standard InChI is InChI=1S/C7H9F6/c8-6(9,10)4-2-1-3-5-7(11,12)13/h2H,1,3-5H2. The number of hydrogen-bond acceptors (Lipinski definition) is 0. The van der Waals surface area contributed by atoms with E-state index in [0.29, 0.717) is 0 Å². The SMILES string of the molecule is FC(F)(F)C[CH]CCCC(F)(F)F. The first-order valence-corrected chi connectivity index (χ1v) is 3.66. The van der Waals surface area contributed by atoms with E-state index >= 15 is 0 Å². The molecule has 0 aromatic carbocycles. The molecule has 0 heterocycles. The van der Waals surface area contributed by atoms with Crippen LogP contribution in [0.1, 0.15) is 25.7 Å². The summed E-state index contributed by atoms with van der Waals surface area (Å²) in [6.45, 7) is 0. The highest BCUT2D eigenvalue weighted by atomic mass is 19.4. The maximum atomic E-state index is 11.5. The molecule has 79 valence electrons. The lowest BCUT2D eigenvalue weighted by atomic mass is 10.1. The highest BCUT2D eigenvalue weighted by Gasteiger charge is 2.28. The van der Waals surface area contributed by atoms with E-state index in [-0.39, 0.29) is 12.8 Å². The first-order valence-electron chi connectivity index (χ1n) is 3.66. The fraction of sp³-hybridized carbons (Fsp3) is 0.857. The highest BCUT2D eigenvalue weighted by molar-refractivity contribution is 4.70. The van der Waals surface area contributed by atoms with Gasteiger partial charge in [-0.05, 0) is 19.3 Å². The van der Waals surface area contributed by atoms with Crippen LogP contribution in [0.15, 0.2) is 0 Å². The van der Waals surface area contributed by atoms with Crippen molar-refractivity contribution >= 4 is 0 Å². The average Bonchev–Trinajstić information content (AvgIpc) is 1.81. The van der Waals surface area contributed by atoms with Crippen molar-refractivity contribution in [1.82, 2.24) is 0 Å². The van der Waals surface area contributed by atoms with Crippen LogP contribution < -0.4 is 0 Å². The molecule has 0 saturated heterocycles. The molecule has 1 radical (unpaired) electrons. The van der Waals surface area contributed by atoms with E-state index in [2.05, 4.69) is 0 Å². The lowest BCUT2D eigenvalue weighted by Gasteiger charge is -2.06. The predicted octanol–water partition coefficient (Wildman–Crippen LogP) is 3.88. The summed E-state index contributed by atoms with van der Waals surface area (Å²) < 4.78 is 68.8. The van der Waals surface area contributed by atoms with Crippen LogP contribution in [0.5, 0.6) is 0 Å². The normalized spacial score (nSPS) is 13.4. The van der Waals surface area contributed by atoms with Crippen LogP contribution in [0.25, 0.3) is 0 Å². The molecule has 0 saturated carbocycles. The molecule has 0 aliphatic carbocycles. The van der Waals surface area contributed by atoms with Gasteiger partial charge >= 0.3 is 12.4 Å². The van der Waals surface area contributed by atoms with Gasteiger partial charge in [-0.1, -0.05) is 0 Å². The zero-order valence-electron chi connectivity index (χ0n) is 6.67. The van der Waals surface area contributed by atoms with Gasteiger partial charge in [-0.25, -0.2) is 0 Å². The Hall–Kier alpha value is -0.420. The summed E-state index contributed by atoms with van der Waals surface area (Å²) in [6.07, 6.45) is -10.3. The minimum atomic E-state index is -4.31. The molecule has 0 nitrogen and oxygen atoms in total. The topological polar surface area (TPSA) is 0 Å². The van der Waals surface area contributed by atoms with Crippen LogP contribution in [0.2, 0.25) is 0 Å². The second kappa shape index (κ2) is 4.72. The van der Waals surface area contributed by atoms with Crippen LogP contribution in [-0.2, 0) is 0 Å². The van der Waals surface area contributed by atoms with Crippen LogP contribution in [0, 0.1) is 6.42 Å². The van der Waals surface area contributed by atoms with E-state index in [4.69, 9.17) is 0 Å².